The largest absolute Gasteiger partial charge is 0.355 e. The lowest BCUT2D eigenvalue weighted by Crippen LogP contribution is -2.41. The zero-order valence-electron chi connectivity index (χ0n) is 14.0. The number of amides is 1. The molecule has 0 radical (unpaired) electrons. The van der Waals surface area contributed by atoms with Crippen molar-refractivity contribution in [1.29, 1.82) is 0 Å². The minimum atomic E-state index is -0.0964. The van der Waals surface area contributed by atoms with Gasteiger partial charge in [-0.3, -0.25) is 9.79 Å². The third kappa shape index (κ3) is 7.17. The maximum absolute atomic E-state index is 12.0. The van der Waals surface area contributed by atoms with Crippen molar-refractivity contribution in [3.8, 4) is 0 Å². The number of aromatic nitrogens is 1. The number of nitrogens with zero attached hydrogens (tertiary/aromatic N) is 2. The summed E-state index contributed by atoms with van der Waals surface area (Å²) in [6, 6.07) is 7.62. The number of benzene rings is 1. The molecule has 0 bridgehead atoms. The number of carbonyl (C=O) groups is 1. The summed E-state index contributed by atoms with van der Waals surface area (Å²) >= 11 is 7.21. The van der Waals surface area contributed by atoms with E-state index in [0.29, 0.717) is 35.5 Å². The summed E-state index contributed by atoms with van der Waals surface area (Å²) in [5.41, 5.74) is 3.53. The molecule has 1 aromatic carbocycles. The van der Waals surface area contributed by atoms with E-state index < -0.39 is 0 Å². The number of aryl methyl sites for hydroxylation is 1. The van der Waals surface area contributed by atoms with Crippen molar-refractivity contribution < 1.29 is 4.79 Å². The molecule has 1 aromatic heterocycles. The average molecular weight is 494 g/mol. The molecular weight excluding hydrogens is 473 g/mol. The molecule has 0 spiro atoms. The molecule has 2 rings (SSSR count). The molecule has 0 unspecified atom stereocenters. The monoisotopic (exact) mass is 493 g/mol. The van der Waals surface area contributed by atoms with E-state index in [4.69, 9.17) is 11.6 Å². The Hall–Kier alpha value is -1.39. The Kier molecular flexibility index (Phi) is 9.76. The van der Waals surface area contributed by atoms with E-state index in [1.807, 2.05) is 31.2 Å². The molecule has 9 heteroatoms. The van der Waals surface area contributed by atoms with Crippen LogP contribution >= 0.6 is 46.9 Å². The van der Waals surface area contributed by atoms with Crippen molar-refractivity contribution in [1.82, 2.24) is 20.9 Å². The minimum absolute atomic E-state index is 0. The lowest BCUT2D eigenvalue weighted by molar-refractivity contribution is 0.0957. The smallest absolute Gasteiger partial charge is 0.263 e. The number of halogens is 2. The molecular formula is C16H21ClIN5OS. The SMILES string of the molecule is CN=C(NCCNC(=O)c1scnc1C)NCc1ccc(Cl)cc1.I. The fourth-order valence-electron chi connectivity index (χ4n) is 1.97. The predicted octanol–water partition coefficient (Wildman–Crippen LogP) is 2.82. The summed E-state index contributed by atoms with van der Waals surface area (Å²) in [5.74, 6) is 0.578. The van der Waals surface area contributed by atoms with Crippen molar-refractivity contribution in [3.05, 3.63) is 50.9 Å². The van der Waals surface area contributed by atoms with Crippen LogP contribution in [0, 0.1) is 6.92 Å². The van der Waals surface area contributed by atoms with Gasteiger partial charge in [-0.2, -0.15) is 0 Å². The van der Waals surface area contributed by atoms with Crippen LogP contribution in [0.4, 0.5) is 0 Å². The first-order chi connectivity index (χ1) is 11.6. The van der Waals surface area contributed by atoms with Gasteiger partial charge in [0.15, 0.2) is 5.96 Å². The first kappa shape index (κ1) is 21.7. The van der Waals surface area contributed by atoms with Crippen LogP contribution in [-0.2, 0) is 6.54 Å². The van der Waals surface area contributed by atoms with Crippen LogP contribution in [0.3, 0.4) is 0 Å². The van der Waals surface area contributed by atoms with E-state index >= 15 is 0 Å². The van der Waals surface area contributed by atoms with Gasteiger partial charge in [-0.05, 0) is 24.6 Å². The highest BCUT2D eigenvalue weighted by Crippen LogP contribution is 2.11. The Labute approximate surface area is 173 Å². The average Bonchev–Trinajstić information content (AvgIpc) is 3.01. The van der Waals surface area contributed by atoms with Crippen molar-refractivity contribution in [2.75, 3.05) is 20.1 Å². The van der Waals surface area contributed by atoms with Crippen LogP contribution in [0.5, 0.6) is 0 Å². The van der Waals surface area contributed by atoms with Crippen LogP contribution in [0.25, 0.3) is 0 Å². The van der Waals surface area contributed by atoms with Crippen LogP contribution in [0.15, 0.2) is 34.8 Å². The molecule has 0 aliphatic heterocycles. The van der Waals surface area contributed by atoms with E-state index in [0.717, 1.165) is 11.3 Å². The van der Waals surface area contributed by atoms with Crippen LogP contribution in [-0.4, -0.2) is 37.0 Å². The molecule has 0 saturated carbocycles. The van der Waals surface area contributed by atoms with Crippen LogP contribution < -0.4 is 16.0 Å². The van der Waals surface area contributed by atoms with E-state index in [1.54, 1.807) is 12.6 Å². The second kappa shape index (κ2) is 11.3. The number of hydrogen-bond donors (Lipinski definition) is 3. The van der Waals surface area contributed by atoms with Gasteiger partial charge in [0.2, 0.25) is 0 Å². The normalized spacial score (nSPS) is 10.8. The third-order valence-electron chi connectivity index (χ3n) is 3.25. The summed E-state index contributed by atoms with van der Waals surface area (Å²) in [5, 5.41) is 9.93. The number of nitrogens with one attached hydrogen (secondary N) is 3. The number of hydrogen-bond acceptors (Lipinski definition) is 4. The first-order valence-corrected chi connectivity index (χ1v) is 8.73. The van der Waals surface area contributed by atoms with Gasteiger partial charge in [0, 0.05) is 31.7 Å². The van der Waals surface area contributed by atoms with Crippen LogP contribution in [0.2, 0.25) is 5.02 Å². The van der Waals surface area contributed by atoms with Gasteiger partial charge in [-0.15, -0.1) is 35.3 Å². The Morgan fingerprint density at radius 3 is 2.48 bits per heavy atom. The standard InChI is InChI=1S/C16H20ClN5OS.HI/c1-11-14(24-10-22-11)15(23)19-7-8-20-16(18-2)21-9-12-3-5-13(17)6-4-12;/h3-6,10H,7-9H2,1-2H3,(H,19,23)(H2,18,20,21);1H. The quantitative estimate of drug-likeness (QED) is 0.250. The van der Waals surface area contributed by atoms with E-state index in [1.165, 1.54) is 11.3 Å². The van der Waals surface area contributed by atoms with Gasteiger partial charge in [-0.25, -0.2) is 4.98 Å². The molecule has 1 amide bonds. The molecule has 1 heterocycles. The minimum Gasteiger partial charge on any atom is -0.355 e. The molecule has 2 aromatic rings. The zero-order valence-corrected chi connectivity index (χ0v) is 17.9. The zero-order chi connectivity index (χ0) is 17.4. The predicted molar refractivity (Wildman–Crippen MR) is 114 cm³/mol. The molecule has 3 N–H and O–H groups in total. The maximum atomic E-state index is 12.0. The van der Waals surface area contributed by atoms with Crippen LogP contribution in [0.1, 0.15) is 20.9 Å². The van der Waals surface area contributed by atoms with E-state index in [9.17, 15) is 4.79 Å². The summed E-state index contributed by atoms with van der Waals surface area (Å²) in [4.78, 5) is 20.8. The molecule has 0 aliphatic rings. The molecule has 6 nitrogen and oxygen atoms in total. The summed E-state index contributed by atoms with van der Waals surface area (Å²) in [7, 11) is 1.70. The Morgan fingerprint density at radius 2 is 1.88 bits per heavy atom. The summed E-state index contributed by atoms with van der Waals surface area (Å²) in [6.07, 6.45) is 0. The van der Waals surface area contributed by atoms with Gasteiger partial charge in [0.05, 0.1) is 11.2 Å². The fourth-order valence-corrected chi connectivity index (χ4v) is 2.81. The highest BCUT2D eigenvalue weighted by atomic mass is 127. The lowest BCUT2D eigenvalue weighted by atomic mass is 10.2. The van der Waals surface area contributed by atoms with Crippen molar-refractivity contribution >= 4 is 58.8 Å². The highest BCUT2D eigenvalue weighted by Gasteiger charge is 2.10. The lowest BCUT2D eigenvalue weighted by Gasteiger charge is -2.12. The van der Waals surface area contributed by atoms with Crippen molar-refractivity contribution in [2.24, 2.45) is 4.99 Å². The van der Waals surface area contributed by atoms with E-state index in [-0.39, 0.29) is 29.9 Å². The van der Waals surface area contributed by atoms with Gasteiger partial charge in [-0.1, -0.05) is 23.7 Å². The molecule has 25 heavy (non-hydrogen) atoms. The Balaban J connectivity index is 0.00000312. The second-order valence-electron chi connectivity index (χ2n) is 5.00. The topological polar surface area (TPSA) is 78.4 Å². The Morgan fingerprint density at radius 1 is 1.20 bits per heavy atom. The van der Waals surface area contributed by atoms with Gasteiger partial charge in [0.25, 0.3) is 5.91 Å². The highest BCUT2D eigenvalue weighted by molar-refractivity contribution is 14.0. The summed E-state index contributed by atoms with van der Waals surface area (Å²) in [6.45, 7) is 3.54. The number of guanidine groups is 1. The molecule has 0 fully saturated rings. The second-order valence-corrected chi connectivity index (χ2v) is 6.29. The first-order valence-electron chi connectivity index (χ1n) is 7.47. The van der Waals surface area contributed by atoms with Crippen molar-refractivity contribution in [3.63, 3.8) is 0 Å². The molecule has 0 saturated heterocycles. The number of aliphatic imine (C=N–C) groups is 1. The van der Waals surface area contributed by atoms with Gasteiger partial charge >= 0.3 is 0 Å². The third-order valence-corrected chi connectivity index (χ3v) is 4.43. The summed E-state index contributed by atoms with van der Waals surface area (Å²) < 4.78 is 0. The molecule has 0 atom stereocenters. The maximum Gasteiger partial charge on any atom is 0.263 e. The number of thiazole rings is 1. The van der Waals surface area contributed by atoms with E-state index in [2.05, 4.69) is 25.9 Å². The molecule has 136 valence electrons. The number of carbonyl (C=O) groups excluding carboxylic acids is 1. The Bertz CT molecular complexity index is 705. The molecule has 0 aliphatic carbocycles. The number of rotatable bonds is 6. The van der Waals surface area contributed by atoms with Crippen molar-refractivity contribution in [2.45, 2.75) is 13.5 Å². The van der Waals surface area contributed by atoms with Gasteiger partial charge < -0.3 is 16.0 Å². The fraction of sp³-hybridized carbons (Fsp3) is 0.312. The van der Waals surface area contributed by atoms with Gasteiger partial charge in [0.1, 0.15) is 4.88 Å².